The molecule has 0 heterocycles. The van der Waals surface area contributed by atoms with E-state index < -0.39 is 6.04 Å². The predicted molar refractivity (Wildman–Crippen MR) is 226 cm³/mol. The van der Waals surface area contributed by atoms with Crippen molar-refractivity contribution in [2.75, 3.05) is 0 Å². The van der Waals surface area contributed by atoms with Crippen LogP contribution in [0.1, 0.15) is 29.5 Å². The molecule has 0 saturated carbocycles. The van der Waals surface area contributed by atoms with Crippen LogP contribution in [0.4, 0.5) is 0 Å². The molecule has 0 aliphatic heterocycles. The number of carbonyl (C=O) groups excluding carboxylic acids is 2. The van der Waals surface area contributed by atoms with E-state index >= 15 is 0 Å². The summed E-state index contributed by atoms with van der Waals surface area (Å²) < 4.78 is 0. The molecule has 9 rings (SSSR count). The molecule has 0 aromatic heterocycles. The van der Waals surface area contributed by atoms with Crippen molar-refractivity contribution in [3.8, 4) is 0 Å². The molecule has 1 atom stereocenters. The number of rotatable bonds is 10. The molecule has 0 aliphatic rings. The van der Waals surface area contributed by atoms with Crippen LogP contribution in [0.3, 0.4) is 0 Å². The zero-order chi connectivity index (χ0) is 36.6. The SMILES string of the molecule is O=C(CCCc1ccc2ccc3cccc4ccc1c2c34)N[C@@H](Cc1ccccc1)C(=O)NNC(=S)NCc1ccc2ccc3cccc4ccc1c2c34. The summed E-state index contributed by atoms with van der Waals surface area (Å²) in [4.78, 5) is 26.9. The van der Waals surface area contributed by atoms with Crippen molar-refractivity contribution in [2.24, 2.45) is 0 Å². The van der Waals surface area contributed by atoms with Crippen molar-refractivity contribution in [2.45, 2.75) is 38.3 Å². The zero-order valence-electron chi connectivity index (χ0n) is 29.6. The van der Waals surface area contributed by atoms with Crippen molar-refractivity contribution in [1.29, 1.82) is 0 Å². The lowest BCUT2D eigenvalue weighted by atomic mass is 9.90. The number of hydrogen-bond acceptors (Lipinski definition) is 3. The van der Waals surface area contributed by atoms with E-state index in [-0.39, 0.29) is 16.9 Å². The van der Waals surface area contributed by atoms with E-state index in [4.69, 9.17) is 12.2 Å². The number of nitrogens with one attached hydrogen (secondary N) is 4. The van der Waals surface area contributed by atoms with Crippen LogP contribution in [0.25, 0.3) is 64.6 Å². The number of carbonyl (C=O) groups is 2. The zero-order valence-corrected chi connectivity index (χ0v) is 30.4. The first kappa shape index (κ1) is 33.5. The van der Waals surface area contributed by atoms with Gasteiger partial charge in [-0.25, -0.2) is 0 Å². The molecule has 0 fully saturated rings. The summed E-state index contributed by atoms with van der Waals surface area (Å²) in [5, 5.41) is 21.3. The van der Waals surface area contributed by atoms with E-state index in [2.05, 4.69) is 131 Å². The van der Waals surface area contributed by atoms with Gasteiger partial charge in [-0.05, 0) is 106 Å². The second-order valence-electron chi connectivity index (χ2n) is 14.1. The van der Waals surface area contributed by atoms with Gasteiger partial charge in [0.1, 0.15) is 6.04 Å². The van der Waals surface area contributed by atoms with Gasteiger partial charge in [-0.15, -0.1) is 0 Å². The van der Waals surface area contributed by atoms with Gasteiger partial charge >= 0.3 is 0 Å². The van der Waals surface area contributed by atoms with Gasteiger partial charge in [0.25, 0.3) is 5.91 Å². The minimum absolute atomic E-state index is 0.168. The maximum Gasteiger partial charge on any atom is 0.261 e. The summed E-state index contributed by atoms with van der Waals surface area (Å²) in [5.74, 6) is -0.538. The Morgan fingerprint density at radius 3 is 1.67 bits per heavy atom. The molecule has 7 heteroatoms. The average molecular weight is 723 g/mol. The van der Waals surface area contributed by atoms with Gasteiger partial charge in [0.2, 0.25) is 5.91 Å². The molecule has 264 valence electrons. The standard InChI is InChI=1S/C47H38N4O2S/c52-41(14-6-9-30-15-16-35-19-17-31-10-4-12-33-23-25-38(30)44(35)42(31)33)49-40(27-29-7-2-1-3-8-29)46(53)50-51-47(54)48-28-37-22-21-36-20-18-32-11-5-13-34-24-26-39(37)45(36)43(32)34/h1-5,7-8,10-13,15-26,40H,6,9,14,27-28H2,(H,49,52)(H,50,53)(H2,48,51,54)/t40-/m0/s1. The minimum Gasteiger partial charge on any atom is -0.357 e. The van der Waals surface area contributed by atoms with E-state index in [1.807, 2.05) is 30.3 Å². The molecule has 0 spiro atoms. The molecule has 9 aromatic carbocycles. The lowest BCUT2D eigenvalue weighted by molar-refractivity contribution is -0.129. The van der Waals surface area contributed by atoms with Crippen molar-refractivity contribution in [1.82, 2.24) is 21.5 Å². The quantitative estimate of drug-likeness (QED) is 0.0643. The van der Waals surface area contributed by atoms with E-state index in [1.54, 1.807) is 0 Å². The van der Waals surface area contributed by atoms with Crippen LogP contribution in [0, 0.1) is 0 Å². The van der Waals surface area contributed by atoms with Gasteiger partial charge in [-0.1, -0.05) is 140 Å². The van der Waals surface area contributed by atoms with Crippen molar-refractivity contribution in [3.63, 3.8) is 0 Å². The Bertz CT molecular complexity index is 2800. The first-order valence-electron chi connectivity index (χ1n) is 18.5. The summed E-state index contributed by atoms with van der Waals surface area (Å²) in [6.07, 6.45) is 2.06. The molecule has 9 aromatic rings. The first-order valence-corrected chi connectivity index (χ1v) is 18.9. The number of hydrazine groups is 1. The Morgan fingerprint density at radius 1 is 0.537 bits per heavy atom. The van der Waals surface area contributed by atoms with E-state index in [0.29, 0.717) is 25.8 Å². The monoisotopic (exact) mass is 722 g/mol. The van der Waals surface area contributed by atoms with Crippen LogP contribution in [0.2, 0.25) is 0 Å². The van der Waals surface area contributed by atoms with E-state index in [9.17, 15) is 9.59 Å². The lowest BCUT2D eigenvalue weighted by Gasteiger charge is -2.20. The molecule has 2 amide bonds. The molecule has 0 unspecified atom stereocenters. The largest absolute Gasteiger partial charge is 0.357 e. The van der Waals surface area contributed by atoms with Crippen LogP contribution in [0.5, 0.6) is 0 Å². The number of aryl methyl sites for hydroxylation is 1. The molecule has 0 radical (unpaired) electrons. The van der Waals surface area contributed by atoms with Crippen LogP contribution in [-0.4, -0.2) is 23.0 Å². The predicted octanol–water partition coefficient (Wildman–Crippen LogP) is 9.23. The average Bonchev–Trinajstić information content (AvgIpc) is 3.21. The molecule has 0 saturated heterocycles. The van der Waals surface area contributed by atoms with Crippen LogP contribution < -0.4 is 21.5 Å². The maximum atomic E-state index is 13.6. The lowest BCUT2D eigenvalue weighted by Crippen LogP contribution is -2.54. The van der Waals surface area contributed by atoms with Gasteiger partial charge in [0, 0.05) is 19.4 Å². The van der Waals surface area contributed by atoms with Gasteiger partial charge in [-0.3, -0.25) is 20.4 Å². The maximum absolute atomic E-state index is 13.6. The summed E-state index contributed by atoms with van der Waals surface area (Å²) in [5.41, 5.74) is 8.88. The van der Waals surface area contributed by atoms with Crippen LogP contribution in [-0.2, 0) is 29.0 Å². The summed E-state index contributed by atoms with van der Waals surface area (Å²) in [6, 6.07) is 47.8. The second kappa shape index (κ2) is 14.3. The van der Waals surface area contributed by atoms with E-state index in [0.717, 1.165) is 17.5 Å². The summed E-state index contributed by atoms with van der Waals surface area (Å²) >= 11 is 5.58. The molecular formula is C47H38N4O2S. The van der Waals surface area contributed by atoms with E-state index in [1.165, 1.54) is 70.2 Å². The minimum atomic E-state index is -0.790. The number of benzene rings is 9. The molecular weight excluding hydrogens is 685 g/mol. The van der Waals surface area contributed by atoms with Gasteiger partial charge in [0.15, 0.2) is 5.11 Å². The third-order valence-corrected chi connectivity index (χ3v) is 11.0. The Balaban J connectivity index is 0.839. The molecule has 0 bridgehead atoms. The van der Waals surface area contributed by atoms with Gasteiger partial charge in [-0.2, -0.15) is 0 Å². The molecule has 4 N–H and O–H groups in total. The highest BCUT2D eigenvalue weighted by Gasteiger charge is 2.22. The summed E-state index contributed by atoms with van der Waals surface area (Å²) in [7, 11) is 0. The number of hydrogen-bond donors (Lipinski definition) is 4. The Morgan fingerprint density at radius 2 is 1.06 bits per heavy atom. The van der Waals surface area contributed by atoms with Gasteiger partial charge < -0.3 is 10.6 Å². The fraction of sp³-hybridized carbons (Fsp3) is 0.128. The molecule has 6 nitrogen and oxygen atoms in total. The fourth-order valence-corrected chi connectivity index (χ4v) is 8.28. The topological polar surface area (TPSA) is 82.3 Å². The third kappa shape index (κ3) is 6.37. The third-order valence-electron chi connectivity index (χ3n) is 10.8. The van der Waals surface area contributed by atoms with Gasteiger partial charge in [0.05, 0.1) is 0 Å². The highest BCUT2D eigenvalue weighted by atomic mass is 32.1. The Kier molecular flexibility index (Phi) is 8.85. The number of amides is 2. The normalized spacial score (nSPS) is 12.2. The first-order chi connectivity index (χ1) is 26.5. The number of thiocarbonyl (C=S) groups is 1. The van der Waals surface area contributed by atoms with Crippen molar-refractivity contribution < 1.29 is 9.59 Å². The molecule has 54 heavy (non-hydrogen) atoms. The fourth-order valence-electron chi connectivity index (χ4n) is 8.15. The Labute approximate surface area is 318 Å². The van der Waals surface area contributed by atoms with Crippen LogP contribution >= 0.6 is 12.2 Å². The highest BCUT2D eigenvalue weighted by Crippen LogP contribution is 2.37. The van der Waals surface area contributed by atoms with Crippen LogP contribution in [0.15, 0.2) is 140 Å². The van der Waals surface area contributed by atoms with Crippen molar-refractivity contribution >= 4 is 93.8 Å². The Hall–Kier alpha value is -6.31. The molecule has 0 aliphatic carbocycles. The highest BCUT2D eigenvalue weighted by molar-refractivity contribution is 7.80. The van der Waals surface area contributed by atoms with Crippen molar-refractivity contribution in [3.05, 3.63) is 156 Å². The second-order valence-corrected chi connectivity index (χ2v) is 14.5. The smallest absolute Gasteiger partial charge is 0.261 e. The summed E-state index contributed by atoms with van der Waals surface area (Å²) in [6.45, 7) is 0.478.